The molecular weight excluding hydrogens is 508 g/mol. The number of carbonyl (C=O) groups excluding carboxylic acids is 1. The van der Waals surface area contributed by atoms with Crippen LogP contribution in [0.3, 0.4) is 0 Å². The number of ether oxygens (including phenoxy) is 5. The van der Waals surface area contributed by atoms with E-state index in [4.69, 9.17) is 23.7 Å². The quantitative estimate of drug-likeness (QED) is 0.253. The molecule has 10 heteroatoms. The molecule has 0 spiro atoms. The van der Waals surface area contributed by atoms with E-state index in [1.807, 2.05) is 6.08 Å². The van der Waals surface area contributed by atoms with Crippen molar-refractivity contribution in [2.45, 2.75) is 101 Å². The Kier molecular flexibility index (Phi) is 7.31. The van der Waals surface area contributed by atoms with Crippen LogP contribution < -0.4 is 0 Å². The number of hydrogen-bond acceptors (Lipinski definition) is 6. The van der Waals surface area contributed by atoms with Gasteiger partial charge in [-0.3, -0.25) is 4.79 Å². The molecule has 0 radical (unpaired) electrons. The third-order valence-electron chi connectivity index (χ3n) is 9.69. The van der Waals surface area contributed by atoms with Gasteiger partial charge in [-0.05, 0) is 63.2 Å². The predicted octanol–water partition coefficient (Wildman–Crippen LogP) is 5.64. The number of rotatable bonds is 5. The van der Waals surface area contributed by atoms with Gasteiger partial charge in [0, 0.05) is 11.8 Å². The van der Waals surface area contributed by atoms with Gasteiger partial charge in [0.1, 0.15) is 25.9 Å². The molecule has 6 unspecified atom stereocenters. The Labute approximate surface area is 220 Å². The average Bonchev–Trinajstić information content (AvgIpc) is 3.32. The lowest BCUT2D eigenvalue weighted by Crippen LogP contribution is -2.45. The van der Waals surface area contributed by atoms with Crippen LogP contribution in [0.25, 0.3) is 0 Å². The number of hydrogen-bond donors (Lipinski definition) is 0. The Balaban J connectivity index is 1.05. The maximum absolute atomic E-state index is 13.8. The molecule has 0 aromatic rings. The highest BCUT2D eigenvalue weighted by Crippen LogP contribution is 2.51. The van der Waals surface area contributed by atoms with Gasteiger partial charge in [-0.15, -0.1) is 0 Å². The lowest BCUT2D eigenvalue weighted by atomic mass is 9.63. The third-order valence-corrected chi connectivity index (χ3v) is 9.69. The van der Waals surface area contributed by atoms with Gasteiger partial charge in [-0.1, -0.05) is 30.9 Å². The van der Waals surface area contributed by atoms with Crippen molar-refractivity contribution in [3.05, 3.63) is 11.6 Å². The van der Waals surface area contributed by atoms with E-state index in [0.29, 0.717) is 25.4 Å². The molecule has 2 saturated heterocycles. The Morgan fingerprint density at radius 3 is 2.37 bits per heavy atom. The normalized spacial score (nSPS) is 42.7. The van der Waals surface area contributed by atoms with Gasteiger partial charge in [0.15, 0.2) is 12.6 Å². The molecule has 4 aliphatic carbocycles. The van der Waals surface area contributed by atoms with Gasteiger partial charge >= 0.3 is 17.8 Å². The maximum Gasteiger partial charge on any atom is 0.335 e. The largest absolute Gasteiger partial charge is 0.462 e. The Morgan fingerprint density at radius 1 is 0.947 bits per heavy atom. The fourth-order valence-electron chi connectivity index (χ4n) is 7.84. The molecule has 38 heavy (non-hydrogen) atoms. The molecule has 0 amide bonds. The minimum atomic E-state index is -4.31. The van der Waals surface area contributed by atoms with Crippen molar-refractivity contribution >= 4 is 5.97 Å². The van der Waals surface area contributed by atoms with Crippen LogP contribution >= 0.6 is 0 Å². The first-order valence-electron chi connectivity index (χ1n) is 14.3. The van der Waals surface area contributed by atoms with E-state index in [-0.39, 0.29) is 31.4 Å². The van der Waals surface area contributed by atoms with Crippen LogP contribution in [0.1, 0.15) is 70.6 Å². The summed E-state index contributed by atoms with van der Waals surface area (Å²) in [5, 5.41) is 0. The Morgan fingerprint density at radius 2 is 1.66 bits per heavy atom. The fourth-order valence-corrected chi connectivity index (χ4v) is 7.84. The number of allylic oxidation sites excluding steroid dienone is 1. The summed E-state index contributed by atoms with van der Waals surface area (Å²) in [4.78, 5) is 13.4. The minimum Gasteiger partial charge on any atom is -0.462 e. The summed E-state index contributed by atoms with van der Waals surface area (Å²) in [6.07, 6.45) is 10.4. The number of fused-ring (bicyclic) bond motifs is 4. The van der Waals surface area contributed by atoms with Gasteiger partial charge in [-0.2, -0.15) is 17.6 Å². The van der Waals surface area contributed by atoms with Gasteiger partial charge in [0.05, 0.1) is 12.0 Å². The van der Waals surface area contributed by atoms with E-state index in [9.17, 15) is 22.4 Å². The van der Waals surface area contributed by atoms with Crippen LogP contribution in [-0.2, 0) is 28.5 Å². The molecule has 5 fully saturated rings. The summed E-state index contributed by atoms with van der Waals surface area (Å²) in [6.45, 7) is -2.37. The lowest BCUT2D eigenvalue weighted by Gasteiger charge is -2.43. The highest BCUT2D eigenvalue weighted by molar-refractivity contribution is 5.78. The number of carbonyl (C=O) groups is 1. The van der Waals surface area contributed by atoms with Crippen molar-refractivity contribution in [3.8, 4) is 0 Å². The molecule has 214 valence electrons. The van der Waals surface area contributed by atoms with E-state index in [2.05, 4.69) is 0 Å². The molecular formula is C28H38F4O6. The second-order valence-corrected chi connectivity index (χ2v) is 12.6. The minimum absolute atomic E-state index is 0.0925. The van der Waals surface area contributed by atoms with E-state index < -0.39 is 42.7 Å². The molecule has 6 atom stereocenters. The Bertz CT molecular complexity index is 897. The number of alkyl halides is 4. The second kappa shape index (κ2) is 10.3. The second-order valence-electron chi connectivity index (χ2n) is 12.6. The van der Waals surface area contributed by atoms with Gasteiger partial charge in [0.2, 0.25) is 0 Å². The molecule has 2 heterocycles. The summed E-state index contributed by atoms with van der Waals surface area (Å²) in [5.74, 6) is -7.65. The van der Waals surface area contributed by atoms with E-state index in [1.54, 1.807) is 0 Å². The lowest BCUT2D eigenvalue weighted by molar-refractivity contribution is -0.222. The summed E-state index contributed by atoms with van der Waals surface area (Å²) in [6, 6.07) is 0. The van der Waals surface area contributed by atoms with Crippen molar-refractivity contribution in [1.29, 1.82) is 0 Å². The van der Waals surface area contributed by atoms with E-state index in [0.717, 1.165) is 43.1 Å². The zero-order chi connectivity index (χ0) is 26.5. The van der Waals surface area contributed by atoms with Gasteiger partial charge in [0.25, 0.3) is 0 Å². The Hall–Kier alpha value is -1.23. The van der Waals surface area contributed by atoms with Gasteiger partial charge < -0.3 is 23.7 Å². The molecule has 6 rings (SSSR count). The molecule has 3 saturated carbocycles. The smallest absolute Gasteiger partial charge is 0.335 e. The van der Waals surface area contributed by atoms with Crippen molar-refractivity contribution < 1.29 is 46.0 Å². The van der Waals surface area contributed by atoms with Crippen LogP contribution in [-0.4, -0.2) is 62.9 Å². The molecule has 4 bridgehead atoms. The van der Waals surface area contributed by atoms with Crippen molar-refractivity contribution in [2.24, 2.45) is 29.1 Å². The predicted molar refractivity (Wildman–Crippen MR) is 126 cm³/mol. The van der Waals surface area contributed by atoms with Crippen LogP contribution in [0.5, 0.6) is 0 Å². The topological polar surface area (TPSA) is 63.2 Å². The van der Waals surface area contributed by atoms with Gasteiger partial charge in [-0.25, -0.2) is 0 Å². The first-order chi connectivity index (χ1) is 18.1. The van der Waals surface area contributed by atoms with E-state index in [1.165, 1.54) is 25.7 Å². The zero-order valence-electron chi connectivity index (χ0n) is 21.7. The van der Waals surface area contributed by atoms with Crippen LogP contribution in [0.2, 0.25) is 0 Å². The fraction of sp³-hybridized carbons (Fsp3) is 0.893. The highest BCUT2D eigenvalue weighted by Gasteiger charge is 2.60. The summed E-state index contributed by atoms with van der Waals surface area (Å²) in [7, 11) is 0. The summed E-state index contributed by atoms with van der Waals surface area (Å²) >= 11 is 0. The van der Waals surface area contributed by atoms with Crippen molar-refractivity contribution in [3.63, 3.8) is 0 Å². The standard InChI is InChI=1S/C28H38F4O6/c29-27(30)15-36-23(37-16-28(27,31)32)21-10-19-5-2-6-26(11-19,12-21)25(33)35-14-22-13-34-24(38-22)20-8-17-3-1-4-18(7-17)9-20/h10,17-18,20-24H,1-9,11-16H2. The number of esters is 1. The SMILES string of the molecule is O=C(OCC1COC(C2CC3CCCC(C3)C2)O1)C12CCCC(=CC(C3OCC(F)(F)C(F)(F)CO3)C1)C2. The van der Waals surface area contributed by atoms with Crippen LogP contribution in [0.15, 0.2) is 11.6 Å². The molecule has 0 aromatic carbocycles. The van der Waals surface area contributed by atoms with Crippen LogP contribution in [0, 0.1) is 29.1 Å². The first kappa shape index (κ1) is 27.0. The maximum atomic E-state index is 13.8. The third kappa shape index (κ3) is 5.27. The number of halogens is 4. The van der Waals surface area contributed by atoms with Crippen molar-refractivity contribution in [2.75, 3.05) is 26.4 Å². The molecule has 0 N–H and O–H groups in total. The molecule has 2 aliphatic heterocycles. The molecule has 6 nitrogen and oxygen atoms in total. The van der Waals surface area contributed by atoms with Crippen LogP contribution in [0.4, 0.5) is 17.6 Å². The highest BCUT2D eigenvalue weighted by atomic mass is 19.3. The monoisotopic (exact) mass is 546 g/mol. The molecule has 6 aliphatic rings. The first-order valence-corrected chi connectivity index (χ1v) is 14.3. The molecule has 0 aromatic heterocycles. The van der Waals surface area contributed by atoms with Crippen molar-refractivity contribution in [1.82, 2.24) is 0 Å². The zero-order valence-corrected chi connectivity index (χ0v) is 21.7. The van der Waals surface area contributed by atoms with E-state index >= 15 is 0 Å². The average molecular weight is 547 g/mol. The summed E-state index contributed by atoms with van der Waals surface area (Å²) < 4.78 is 83.4. The summed E-state index contributed by atoms with van der Waals surface area (Å²) in [5.41, 5.74) is 0.138.